The summed E-state index contributed by atoms with van der Waals surface area (Å²) in [6.07, 6.45) is 0. The Balaban J connectivity index is 2.04. The number of aryl methyl sites for hydroxylation is 2. The smallest absolute Gasteiger partial charge is 0.243 e. The molecule has 1 N–H and O–H groups in total. The van der Waals surface area contributed by atoms with Crippen molar-refractivity contribution in [2.45, 2.75) is 33.9 Å². The second-order valence-corrected chi connectivity index (χ2v) is 4.57. The van der Waals surface area contributed by atoms with Gasteiger partial charge in [-0.15, -0.1) is 5.10 Å². The summed E-state index contributed by atoms with van der Waals surface area (Å²) in [5, 5.41) is 11.3. The minimum atomic E-state index is 0.555. The minimum Gasteiger partial charge on any atom is -0.377 e. The van der Waals surface area contributed by atoms with Crippen molar-refractivity contribution in [1.82, 2.24) is 15.2 Å². The summed E-state index contributed by atoms with van der Waals surface area (Å²) < 4.78 is 5.48. The molecule has 5 heteroatoms. The van der Waals surface area contributed by atoms with Gasteiger partial charge in [0.1, 0.15) is 0 Å². The lowest BCUT2D eigenvalue weighted by Crippen LogP contribution is -2.09. The molecule has 0 aliphatic rings. The number of anilines is 1. The van der Waals surface area contributed by atoms with Crippen LogP contribution in [0.5, 0.6) is 0 Å². The molecule has 0 aliphatic heterocycles. The molecule has 1 aromatic heterocycles. The fourth-order valence-electron chi connectivity index (χ4n) is 1.79. The average Bonchev–Trinajstić information content (AvgIpc) is 2.47. The van der Waals surface area contributed by atoms with Gasteiger partial charge < -0.3 is 10.1 Å². The molecule has 1 heterocycles. The van der Waals surface area contributed by atoms with Crippen molar-refractivity contribution in [2.75, 3.05) is 11.9 Å². The second-order valence-electron chi connectivity index (χ2n) is 4.57. The Kier molecular flexibility index (Phi) is 5.01. The third kappa shape index (κ3) is 3.74. The molecule has 0 bridgehead atoms. The highest BCUT2D eigenvalue weighted by atomic mass is 16.5. The Bertz CT molecular complexity index is 572. The normalized spacial score (nSPS) is 10.6. The molecule has 0 fully saturated rings. The summed E-state index contributed by atoms with van der Waals surface area (Å²) >= 11 is 0. The van der Waals surface area contributed by atoms with Crippen LogP contribution in [-0.2, 0) is 17.9 Å². The van der Waals surface area contributed by atoms with Crippen LogP contribution in [0.25, 0.3) is 0 Å². The van der Waals surface area contributed by atoms with Gasteiger partial charge in [0.15, 0.2) is 0 Å². The summed E-state index contributed by atoms with van der Waals surface area (Å²) in [5.41, 5.74) is 4.11. The van der Waals surface area contributed by atoms with E-state index in [2.05, 4.69) is 32.6 Å². The number of hydrogen-bond acceptors (Lipinski definition) is 5. The SMILES string of the molecule is CCOCc1ccccc1CNc1nnc(C)c(C)n1. The minimum absolute atomic E-state index is 0.555. The van der Waals surface area contributed by atoms with Crippen molar-refractivity contribution >= 4 is 5.95 Å². The van der Waals surface area contributed by atoms with E-state index < -0.39 is 0 Å². The van der Waals surface area contributed by atoms with Gasteiger partial charge in [0.25, 0.3) is 0 Å². The van der Waals surface area contributed by atoms with Crippen LogP contribution in [0.1, 0.15) is 29.4 Å². The van der Waals surface area contributed by atoms with E-state index in [-0.39, 0.29) is 0 Å². The van der Waals surface area contributed by atoms with Crippen LogP contribution >= 0.6 is 0 Å². The monoisotopic (exact) mass is 272 g/mol. The largest absolute Gasteiger partial charge is 0.377 e. The topological polar surface area (TPSA) is 59.9 Å². The molecule has 5 nitrogen and oxygen atoms in total. The van der Waals surface area contributed by atoms with Crippen LogP contribution in [0.3, 0.4) is 0 Å². The zero-order chi connectivity index (χ0) is 14.4. The van der Waals surface area contributed by atoms with Gasteiger partial charge in [-0.1, -0.05) is 24.3 Å². The average molecular weight is 272 g/mol. The molecule has 2 aromatic rings. The Morgan fingerprint density at radius 2 is 1.80 bits per heavy atom. The first-order chi connectivity index (χ1) is 9.70. The summed E-state index contributed by atoms with van der Waals surface area (Å²) in [7, 11) is 0. The van der Waals surface area contributed by atoms with E-state index >= 15 is 0 Å². The van der Waals surface area contributed by atoms with Gasteiger partial charge in [0.05, 0.1) is 18.0 Å². The Morgan fingerprint density at radius 1 is 1.05 bits per heavy atom. The van der Waals surface area contributed by atoms with Crippen LogP contribution in [0.2, 0.25) is 0 Å². The van der Waals surface area contributed by atoms with E-state index in [9.17, 15) is 0 Å². The van der Waals surface area contributed by atoms with Crippen LogP contribution in [-0.4, -0.2) is 21.8 Å². The summed E-state index contributed by atoms with van der Waals surface area (Å²) in [4.78, 5) is 4.36. The van der Waals surface area contributed by atoms with Crippen molar-refractivity contribution < 1.29 is 4.74 Å². The Morgan fingerprint density at radius 3 is 2.50 bits per heavy atom. The van der Waals surface area contributed by atoms with Crippen molar-refractivity contribution in [3.05, 3.63) is 46.8 Å². The maximum Gasteiger partial charge on any atom is 0.243 e. The fraction of sp³-hybridized carbons (Fsp3) is 0.400. The molecule has 0 spiro atoms. The van der Waals surface area contributed by atoms with Crippen LogP contribution < -0.4 is 5.32 Å². The van der Waals surface area contributed by atoms with Gasteiger partial charge in [0.2, 0.25) is 5.95 Å². The summed E-state index contributed by atoms with van der Waals surface area (Å²) in [6.45, 7) is 7.82. The van der Waals surface area contributed by atoms with Crippen LogP contribution in [0.15, 0.2) is 24.3 Å². The molecule has 1 aromatic carbocycles. The zero-order valence-corrected chi connectivity index (χ0v) is 12.2. The van der Waals surface area contributed by atoms with Gasteiger partial charge >= 0.3 is 0 Å². The standard InChI is InChI=1S/C15H20N4O/c1-4-20-10-14-8-6-5-7-13(14)9-16-15-17-11(2)12(3)18-19-15/h5-8H,4,9-10H2,1-3H3,(H,16,17,19). The van der Waals surface area contributed by atoms with E-state index in [0.29, 0.717) is 25.7 Å². The van der Waals surface area contributed by atoms with E-state index in [1.54, 1.807) is 0 Å². The molecule has 0 amide bonds. The third-order valence-corrected chi connectivity index (χ3v) is 3.11. The summed E-state index contributed by atoms with van der Waals surface area (Å²) in [5.74, 6) is 0.555. The number of hydrogen-bond donors (Lipinski definition) is 1. The van der Waals surface area contributed by atoms with Crippen molar-refractivity contribution in [1.29, 1.82) is 0 Å². The van der Waals surface area contributed by atoms with Gasteiger partial charge in [-0.25, -0.2) is 4.98 Å². The van der Waals surface area contributed by atoms with Crippen molar-refractivity contribution in [2.24, 2.45) is 0 Å². The van der Waals surface area contributed by atoms with E-state index in [4.69, 9.17) is 4.74 Å². The summed E-state index contributed by atoms with van der Waals surface area (Å²) in [6, 6.07) is 8.19. The molecular weight excluding hydrogens is 252 g/mol. The quantitative estimate of drug-likeness (QED) is 0.876. The van der Waals surface area contributed by atoms with Crippen molar-refractivity contribution in [3.8, 4) is 0 Å². The van der Waals surface area contributed by atoms with E-state index in [1.807, 2.05) is 32.9 Å². The second kappa shape index (κ2) is 6.96. The first kappa shape index (κ1) is 14.4. The molecule has 0 saturated carbocycles. The van der Waals surface area contributed by atoms with Crippen molar-refractivity contribution in [3.63, 3.8) is 0 Å². The molecule has 0 saturated heterocycles. The molecule has 0 aliphatic carbocycles. The predicted octanol–water partition coefficient (Wildman–Crippen LogP) is 2.64. The highest BCUT2D eigenvalue weighted by molar-refractivity contribution is 5.32. The Labute approximate surface area is 119 Å². The predicted molar refractivity (Wildman–Crippen MR) is 78.4 cm³/mol. The fourth-order valence-corrected chi connectivity index (χ4v) is 1.79. The maximum absolute atomic E-state index is 5.48. The molecule has 20 heavy (non-hydrogen) atoms. The van der Waals surface area contributed by atoms with E-state index in [0.717, 1.165) is 11.4 Å². The highest BCUT2D eigenvalue weighted by Crippen LogP contribution is 2.12. The molecule has 106 valence electrons. The van der Waals surface area contributed by atoms with Crippen LogP contribution in [0.4, 0.5) is 5.95 Å². The maximum atomic E-state index is 5.48. The molecule has 0 unspecified atom stereocenters. The molecule has 0 atom stereocenters. The first-order valence-corrected chi connectivity index (χ1v) is 6.77. The number of nitrogens with zero attached hydrogens (tertiary/aromatic N) is 3. The van der Waals surface area contributed by atoms with Gasteiger partial charge in [-0.2, -0.15) is 5.10 Å². The molecule has 2 rings (SSSR count). The molecule has 0 radical (unpaired) electrons. The number of rotatable bonds is 6. The Hall–Kier alpha value is -2.01. The zero-order valence-electron chi connectivity index (χ0n) is 12.2. The molecular formula is C15H20N4O. The van der Waals surface area contributed by atoms with Crippen LogP contribution in [0, 0.1) is 13.8 Å². The third-order valence-electron chi connectivity index (χ3n) is 3.11. The lowest BCUT2D eigenvalue weighted by molar-refractivity contribution is 0.133. The van der Waals surface area contributed by atoms with Gasteiger partial charge in [-0.3, -0.25) is 0 Å². The highest BCUT2D eigenvalue weighted by Gasteiger charge is 2.04. The number of aromatic nitrogens is 3. The number of ether oxygens (including phenoxy) is 1. The number of benzene rings is 1. The number of nitrogens with one attached hydrogen (secondary N) is 1. The van der Waals surface area contributed by atoms with Gasteiger partial charge in [0, 0.05) is 13.2 Å². The first-order valence-electron chi connectivity index (χ1n) is 6.77. The van der Waals surface area contributed by atoms with Gasteiger partial charge in [-0.05, 0) is 31.9 Å². The lowest BCUT2D eigenvalue weighted by atomic mass is 10.1. The van der Waals surface area contributed by atoms with E-state index in [1.165, 1.54) is 11.1 Å². The lowest BCUT2D eigenvalue weighted by Gasteiger charge is -2.10.